The van der Waals surface area contributed by atoms with Crippen LogP contribution in [0.3, 0.4) is 0 Å². The average Bonchev–Trinajstić information content (AvgIpc) is 2.67. The highest BCUT2D eigenvalue weighted by Crippen LogP contribution is 2.11. The van der Waals surface area contributed by atoms with Gasteiger partial charge in [-0.1, -0.05) is 0 Å². The molecule has 0 spiro atoms. The minimum absolute atomic E-state index is 0.0473. The van der Waals surface area contributed by atoms with Crippen molar-refractivity contribution in [3.05, 3.63) is 22.8 Å². The highest BCUT2D eigenvalue weighted by atomic mass is 79.9. The summed E-state index contributed by atoms with van der Waals surface area (Å²) in [7, 11) is 0. The highest BCUT2D eigenvalue weighted by Gasteiger charge is 2.20. The molecule has 2 heterocycles. The Hall–Kier alpha value is -0.980. The zero-order valence-electron chi connectivity index (χ0n) is 9.40. The van der Waals surface area contributed by atoms with Crippen LogP contribution in [0.25, 0.3) is 0 Å². The summed E-state index contributed by atoms with van der Waals surface area (Å²) in [4.78, 5) is 17.9. The molecular formula is C11H15BrN4O. The molecule has 6 heteroatoms. The number of carbonyl (C=O) groups is 1. The number of carbonyl (C=O) groups excluding carboxylic acids is 1. The zero-order valence-corrected chi connectivity index (χ0v) is 11.0. The Kier molecular flexibility index (Phi) is 4.09. The first kappa shape index (κ1) is 12.5. The molecule has 0 saturated carbocycles. The normalized spacial score (nSPS) is 20.5. The number of nitrogens with one attached hydrogen (secondary N) is 1. The summed E-state index contributed by atoms with van der Waals surface area (Å²) in [6, 6.07) is 3.81. The molecule has 1 aromatic rings. The first-order chi connectivity index (χ1) is 8.13. The lowest BCUT2D eigenvalue weighted by Gasteiger charge is -2.14. The van der Waals surface area contributed by atoms with Gasteiger partial charge >= 0.3 is 0 Å². The van der Waals surface area contributed by atoms with E-state index in [9.17, 15) is 4.79 Å². The summed E-state index contributed by atoms with van der Waals surface area (Å²) in [6.45, 7) is 2.06. The number of nitrogens with two attached hydrogens (primary N) is 1. The topological polar surface area (TPSA) is 71.2 Å². The van der Waals surface area contributed by atoms with E-state index in [0.717, 1.165) is 24.0 Å². The second kappa shape index (κ2) is 5.57. The summed E-state index contributed by atoms with van der Waals surface area (Å²) in [5, 5.41) is 2.76. The number of halogens is 1. The SMILES string of the molecule is NC1CCN(CC(=O)Nc2ccc(Br)cn2)C1. The van der Waals surface area contributed by atoms with Gasteiger partial charge in [0.1, 0.15) is 5.82 Å². The van der Waals surface area contributed by atoms with Gasteiger partial charge in [0.15, 0.2) is 0 Å². The van der Waals surface area contributed by atoms with Crippen LogP contribution in [-0.4, -0.2) is 41.5 Å². The van der Waals surface area contributed by atoms with Gasteiger partial charge in [-0.05, 0) is 34.5 Å². The van der Waals surface area contributed by atoms with Crippen molar-refractivity contribution in [2.75, 3.05) is 25.0 Å². The van der Waals surface area contributed by atoms with Crippen LogP contribution in [0.15, 0.2) is 22.8 Å². The largest absolute Gasteiger partial charge is 0.326 e. The molecule has 1 fully saturated rings. The van der Waals surface area contributed by atoms with Crippen LogP contribution in [0.1, 0.15) is 6.42 Å². The van der Waals surface area contributed by atoms with E-state index in [1.54, 1.807) is 12.3 Å². The number of pyridine rings is 1. The van der Waals surface area contributed by atoms with Gasteiger partial charge < -0.3 is 11.1 Å². The number of likely N-dealkylation sites (tertiary alicyclic amines) is 1. The molecule has 0 radical (unpaired) electrons. The molecule has 92 valence electrons. The Morgan fingerprint density at radius 3 is 3.06 bits per heavy atom. The van der Waals surface area contributed by atoms with E-state index < -0.39 is 0 Å². The lowest BCUT2D eigenvalue weighted by atomic mass is 10.3. The predicted octanol–water partition coefficient (Wildman–Crippen LogP) is 0.816. The smallest absolute Gasteiger partial charge is 0.239 e. The fourth-order valence-corrected chi connectivity index (χ4v) is 2.08. The minimum atomic E-state index is -0.0473. The zero-order chi connectivity index (χ0) is 12.3. The molecule has 1 aromatic heterocycles. The van der Waals surface area contributed by atoms with Crippen molar-refractivity contribution >= 4 is 27.7 Å². The molecule has 3 N–H and O–H groups in total. The Labute approximate surface area is 109 Å². The number of nitrogens with zero attached hydrogens (tertiary/aromatic N) is 2. The molecule has 0 bridgehead atoms. The molecule has 0 aliphatic carbocycles. The van der Waals surface area contributed by atoms with E-state index >= 15 is 0 Å². The van der Waals surface area contributed by atoms with Crippen molar-refractivity contribution < 1.29 is 4.79 Å². The van der Waals surface area contributed by atoms with Gasteiger partial charge in [-0.2, -0.15) is 0 Å². The third kappa shape index (κ3) is 3.76. The van der Waals surface area contributed by atoms with Gasteiger partial charge in [-0.15, -0.1) is 0 Å². The summed E-state index contributed by atoms with van der Waals surface area (Å²) in [5.74, 6) is 0.524. The first-order valence-corrected chi connectivity index (χ1v) is 6.32. The number of aromatic nitrogens is 1. The molecule has 0 aromatic carbocycles. The Balaban J connectivity index is 1.83. The van der Waals surface area contributed by atoms with Crippen molar-refractivity contribution in [1.82, 2.24) is 9.88 Å². The van der Waals surface area contributed by atoms with E-state index in [4.69, 9.17) is 5.73 Å². The van der Waals surface area contributed by atoms with E-state index in [-0.39, 0.29) is 11.9 Å². The number of anilines is 1. The fraction of sp³-hybridized carbons (Fsp3) is 0.455. The van der Waals surface area contributed by atoms with Gasteiger partial charge in [0.2, 0.25) is 5.91 Å². The van der Waals surface area contributed by atoms with Crippen molar-refractivity contribution in [3.63, 3.8) is 0 Å². The van der Waals surface area contributed by atoms with Crippen LogP contribution in [0.2, 0.25) is 0 Å². The average molecular weight is 299 g/mol. The van der Waals surface area contributed by atoms with Gasteiger partial charge in [-0.25, -0.2) is 4.98 Å². The van der Waals surface area contributed by atoms with Crippen LogP contribution in [-0.2, 0) is 4.79 Å². The fourth-order valence-electron chi connectivity index (χ4n) is 1.84. The Morgan fingerprint density at radius 1 is 1.65 bits per heavy atom. The van der Waals surface area contributed by atoms with Crippen LogP contribution >= 0.6 is 15.9 Å². The highest BCUT2D eigenvalue weighted by molar-refractivity contribution is 9.10. The maximum absolute atomic E-state index is 11.7. The lowest BCUT2D eigenvalue weighted by Crippen LogP contribution is -2.33. The molecule has 1 saturated heterocycles. The van der Waals surface area contributed by atoms with Crippen molar-refractivity contribution in [1.29, 1.82) is 0 Å². The number of hydrogen-bond donors (Lipinski definition) is 2. The van der Waals surface area contributed by atoms with Crippen molar-refractivity contribution in [2.24, 2.45) is 5.73 Å². The van der Waals surface area contributed by atoms with E-state index in [0.29, 0.717) is 12.4 Å². The molecule has 1 aliphatic heterocycles. The quantitative estimate of drug-likeness (QED) is 0.866. The van der Waals surface area contributed by atoms with Crippen LogP contribution in [0.4, 0.5) is 5.82 Å². The summed E-state index contributed by atoms with van der Waals surface area (Å²) >= 11 is 3.29. The van der Waals surface area contributed by atoms with Crippen LogP contribution in [0, 0.1) is 0 Å². The number of rotatable bonds is 3. The Morgan fingerprint density at radius 2 is 2.47 bits per heavy atom. The molecule has 5 nitrogen and oxygen atoms in total. The molecule has 2 rings (SSSR count). The lowest BCUT2D eigenvalue weighted by molar-refractivity contribution is -0.117. The van der Waals surface area contributed by atoms with Gasteiger partial charge in [0, 0.05) is 29.8 Å². The minimum Gasteiger partial charge on any atom is -0.326 e. The van der Waals surface area contributed by atoms with E-state index in [1.165, 1.54) is 0 Å². The monoisotopic (exact) mass is 298 g/mol. The second-order valence-electron chi connectivity index (χ2n) is 4.19. The standard InChI is InChI=1S/C11H15BrN4O/c12-8-1-2-10(14-5-8)15-11(17)7-16-4-3-9(13)6-16/h1-2,5,9H,3-4,6-7,13H2,(H,14,15,17). The number of amides is 1. The summed E-state index contributed by atoms with van der Waals surface area (Å²) in [6.07, 6.45) is 2.62. The summed E-state index contributed by atoms with van der Waals surface area (Å²) in [5.41, 5.74) is 5.78. The molecular weight excluding hydrogens is 284 g/mol. The summed E-state index contributed by atoms with van der Waals surface area (Å²) < 4.78 is 0.890. The van der Waals surface area contributed by atoms with Gasteiger partial charge in [0.25, 0.3) is 0 Å². The van der Waals surface area contributed by atoms with Crippen molar-refractivity contribution in [2.45, 2.75) is 12.5 Å². The molecule has 1 atom stereocenters. The molecule has 1 amide bonds. The van der Waals surface area contributed by atoms with Gasteiger partial charge in [0.05, 0.1) is 6.54 Å². The first-order valence-electron chi connectivity index (χ1n) is 5.53. The van der Waals surface area contributed by atoms with E-state index in [1.807, 2.05) is 6.07 Å². The van der Waals surface area contributed by atoms with Crippen LogP contribution in [0.5, 0.6) is 0 Å². The molecule has 17 heavy (non-hydrogen) atoms. The van der Waals surface area contributed by atoms with Crippen LogP contribution < -0.4 is 11.1 Å². The maximum atomic E-state index is 11.7. The second-order valence-corrected chi connectivity index (χ2v) is 5.11. The predicted molar refractivity (Wildman–Crippen MR) is 69.6 cm³/mol. The van der Waals surface area contributed by atoms with Gasteiger partial charge in [-0.3, -0.25) is 9.69 Å². The van der Waals surface area contributed by atoms with E-state index in [2.05, 4.69) is 31.1 Å². The third-order valence-electron chi connectivity index (χ3n) is 2.67. The molecule has 1 aliphatic rings. The Bertz CT molecular complexity index is 395. The number of hydrogen-bond acceptors (Lipinski definition) is 4. The van der Waals surface area contributed by atoms with Crippen molar-refractivity contribution in [3.8, 4) is 0 Å². The third-order valence-corrected chi connectivity index (χ3v) is 3.14. The maximum Gasteiger partial charge on any atom is 0.239 e. The molecule has 1 unspecified atom stereocenters.